The molecule has 2 fully saturated rings. The normalized spacial score (nSPS) is 29.4. The van der Waals surface area contributed by atoms with Crippen LogP contribution in [-0.2, 0) is 15.1 Å². The molecule has 3 rings (SSSR count). The quantitative estimate of drug-likeness (QED) is 0.816. The zero-order valence-electron chi connectivity index (χ0n) is 11.3. The second kappa shape index (κ2) is 5.43. The van der Waals surface area contributed by atoms with E-state index in [1.54, 1.807) is 0 Å². The van der Waals surface area contributed by atoms with E-state index in [1.807, 2.05) is 18.2 Å². The molecule has 1 aromatic rings. The Morgan fingerprint density at radius 2 is 1.79 bits per heavy atom. The van der Waals surface area contributed by atoms with Gasteiger partial charge in [-0.25, -0.2) is 0 Å². The second-order valence-corrected chi connectivity index (χ2v) is 5.46. The summed E-state index contributed by atoms with van der Waals surface area (Å²) < 4.78 is 5.45. The maximum atomic E-state index is 12.7. The van der Waals surface area contributed by atoms with Crippen LogP contribution >= 0.6 is 0 Å². The van der Waals surface area contributed by atoms with E-state index in [-0.39, 0.29) is 5.54 Å². The van der Waals surface area contributed by atoms with Crippen LogP contribution in [0.15, 0.2) is 30.3 Å². The van der Waals surface area contributed by atoms with Gasteiger partial charge in [0.1, 0.15) is 5.54 Å². The first-order valence-electron chi connectivity index (χ1n) is 7.26. The van der Waals surface area contributed by atoms with Gasteiger partial charge in [0.15, 0.2) is 5.78 Å². The monoisotopic (exact) mass is 259 g/mol. The van der Waals surface area contributed by atoms with Crippen molar-refractivity contribution in [2.75, 3.05) is 26.3 Å². The predicted octanol–water partition coefficient (Wildman–Crippen LogP) is 2.36. The number of carbonyl (C=O) groups is 1. The molecule has 0 N–H and O–H groups in total. The molecule has 1 atom stereocenters. The van der Waals surface area contributed by atoms with E-state index in [9.17, 15) is 4.79 Å². The molecule has 3 nitrogen and oxygen atoms in total. The largest absolute Gasteiger partial charge is 0.379 e. The van der Waals surface area contributed by atoms with Gasteiger partial charge in [0.2, 0.25) is 0 Å². The van der Waals surface area contributed by atoms with Gasteiger partial charge in [-0.15, -0.1) is 0 Å². The van der Waals surface area contributed by atoms with Gasteiger partial charge in [-0.1, -0.05) is 36.8 Å². The molecule has 0 amide bonds. The Kier molecular flexibility index (Phi) is 3.67. The van der Waals surface area contributed by atoms with Crippen LogP contribution in [-0.4, -0.2) is 37.0 Å². The summed E-state index contributed by atoms with van der Waals surface area (Å²) in [6.45, 7) is 3.20. The maximum Gasteiger partial charge on any atom is 0.157 e. The molecule has 102 valence electrons. The predicted molar refractivity (Wildman–Crippen MR) is 74.0 cm³/mol. The van der Waals surface area contributed by atoms with Crippen molar-refractivity contribution in [1.82, 2.24) is 4.90 Å². The number of ether oxygens (including phenoxy) is 1. The number of hydrogen-bond acceptors (Lipinski definition) is 3. The molecule has 3 heteroatoms. The van der Waals surface area contributed by atoms with Gasteiger partial charge in [-0.2, -0.15) is 0 Å². The van der Waals surface area contributed by atoms with Crippen molar-refractivity contribution >= 4 is 5.78 Å². The van der Waals surface area contributed by atoms with Gasteiger partial charge in [-0.05, 0) is 18.4 Å². The number of benzene rings is 1. The van der Waals surface area contributed by atoms with Gasteiger partial charge in [-0.3, -0.25) is 9.69 Å². The van der Waals surface area contributed by atoms with Crippen LogP contribution < -0.4 is 0 Å². The third-order valence-corrected chi connectivity index (χ3v) is 4.46. The fourth-order valence-electron chi connectivity index (χ4n) is 3.49. The third-order valence-electron chi connectivity index (χ3n) is 4.46. The minimum Gasteiger partial charge on any atom is -0.379 e. The SMILES string of the molecule is O=C1CCCC[C@]1(c1ccccc1)N1CCOCC1. The van der Waals surface area contributed by atoms with Crippen LogP contribution in [0.5, 0.6) is 0 Å². The summed E-state index contributed by atoms with van der Waals surface area (Å²) in [6, 6.07) is 10.3. The summed E-state index contributed by atoms with van der Waals surface area (Å²) >= 11 is 0. The van der Waals surface area contributed by atoms with Gasteiger partial charge < -0.3 is 4.74 Å². The second-order valence-electron chi connectivity index (χ2n) is 5.46. The van der Waals surface area contributed by atoms with E-state index in [4.69, 9.17) is 4.74 Å². The fraction of sp³-hybridized carbons (Fsp3) is 0.562. The van der Waals surface area contributed by atoms with E-state index in [0.717, 1.165) is 45.6 Å². The van der Waals surface area contributed by atoms with Crippen LogP contribution in [0.3, 0.4) is 0 Å². The molecule has 1 saturated carbocycles. The first kappa shape index (κ1) is 12.8. The lowest BCUT2D eigenvalue weighted by molar-refractivity contribution is -0.139. The van der Waals surface area contributed by atoms with E-state index in [2.05, 4.69) is 17.0 Å². The number of carbonyl (C=O) groups excluding carboxylic acids is 1. The first-order chi connectivity index (χ1) is 9.34. The summed E-state index contributed by atoms with van der Waals surface area (Å²) in [6.07, 6.45) is 3.85. The van der Waals surface area contributed by atoms with Crippen molar-refractivity contribution in [2.45, 2.75) is 31.2 Å². The smallest absolute Gasteiger partial charge is 0.157 e. The van der Waals surface area contributed by atoms with Crippen molar-refractivity contribution in [2.24, 2.45) is 0 Å². The lowest BCUT2D eigenvalue weighted by Gasteiger charge is -2.47. The van der Waals surface area contributed by atoms with Crippen LogP contribution in [0.1, 0.15) is 31.2 Å². The van der Waals surface area contributed by atoms with E-state index in [0.29, 0.717) is 12.2 Å². The number of hydrogen-bond donors (Lipinski definition) is 0. The van der Waals surface area contributed by atoms with Gasteiger partial charge in [0, 0.05) is 19.5 Å². The highest BCUT2D eigenvalue weighted by atomic mass is 16.5. The van der Waals surface area contributed by atoms with E-state index in [1.165, 1.54) is 5.56 Å². The third kappa shape index (κ3) is 2.21. The van der Waals surface area contributed by atoms with Crippen molar-refractivity contribution < 1.29 is 9.53 Å². The van der Waals surface area contributed by atoms with E-state index < -0.39 is 0 Å². The Balaban J connectivity index is 2.01. The average Bonchev–Trinajstić information content (AvgIpc) is 2.50. The molecule has 1 aromatic carbocycles. The Morgan fingerprint density at radius 1 is 1.05 bits per heavy atom. The summed E-state index contributed by atoms with van der Waals surface area (Å²) in [7, 11) is 0. The Bertz CT molecular complexity index is 439. The highest BCUT2D eigenvalue weighted by Crippen LogP contribution is 2.40. The molecule has 19 heavy (non-hydrogen) atoms. The molecule has 0 spiro atoms. The standard InChI is InChI=1S/C16H21NO2/c18-15-8-4-5-9-16(15,14-6-2-1-3-7-14)17-10-12-19-13-11-17/h1-3,6-7H,4-5,8-13H2/t16-/m1/s1. The zero-order valence-corrected chi connectivity index (χ0v) is 11.3. The number of nitrogens with zero attached hydrogens (tertiary/aromatic N) is 1. The van der Waals surface area contributed by atoms with Crippen LogP contribution in [0.4, 0.5) is 0 Å². The average molecular weight is 259 g/mol. The Labute approximate surface area is 114 Å². The van der Waals surface area contributed by atoms with E-state index >= 15 is 0 Å². The van der Waals surface area contributed by atoms with Gasteiger partial charge >= 0.3 is 0 Å². The minimum atomic E-state index is -0.386. The molecule has 1 heterocycles. The van der Waals surface area contributed by atoms with Crippen molar-refractivity contribution in [3.8, 4) is 0 Å². The minimum absolute atomic E-state index is 0.386. The summed E-state index contributed by atoms with van der Waals surface area (Å²) in [4.78, 5) is 15.1. The van der Waals surface area contributed by atoms with Crippen LogP contribution in [0.25, 0.3) is 0 Å². The Hall–Kier alpha value is -1.19. The molecule has 1 aliphatic carbocycles. The number of rotatable bonds is 2. The zero-order chi connectivity index (χ0) is 13.1. The lowest BCUT2D eigenvalue weighted by atomic mass is 9.74. The summed E-state index contributed by atoms with van der Waals surface area (Å²) in [5, 5.41) is 0. The summed E-state index contributed by atoms with van der Waals surface area (Å²) in [5.74, 6) is 0.395. The van der Waals surface area contributed by atoms with Crippen molar-refractivity contribution in [3.05, 3.63) is 35.9 Å². The molecule has 2 aliphatic rings. The molecule has 0 unspecified atom stereocenters. The summed E-state index contributed by atoms with van der Waals surface area (Å²) in [5.41, 5.74) is 0.783. The van der Waals surface area contributed by atoms with Crippen molar-refractivity contribution in [3.63, 3.8) is 0 Å². The molecule has 0 radical (unpaired) electrons. The van der Waals surface area contributed by atoms with Crippen molar-refractivity contribution in [1.29, 1.82) is 0 Å². The Morgan fingerprint density at radius 3 is 2.47 bits per heavy atom. The molecular formula is C16H21NO2. The number of morpholine rings is 1. The highest BCUT2D eigenvalue weighted by Gasteiger charge is 2.46. The molecule has 0 aromatic heterocycles. The highest BCUT2D eigenvalue weighted by molar-refractivity contribution is 5.90. The molecule has 0 bridgehead atoms. The maximum absolute atomic E-state index is 12.7. The first-order valence-corrected chi connectivity index (χ1v) is 7.26. The number of Topliss-reactive ketones (excluding diaryl/α,β-unsaturated/α-hetero) is 1. The topological polar surface area (TPSA) is 29.5 Å². The number of ketones is 1. The molecule has 1 saturated heterocycles. The van der Waals surface area contributed by atoms with Crippen LogP contribution in [0.2, 0.25) is 0 Å². The lowest BCUT2D eigenvalue weighted by Crippen LogP contribution is -2.57. The molecule has 1 aliphatic heterocycles. The fourth-order valence-corrected chi connectivity index (χ4v) is 3.49. The van der Waals surface area contributed by atoms with Crippen LogP contribution in [0, 0.1) is 0 Å². The van der Waals surface area contributed by atoms with Gasteiger partial charge in [0.25, 0.3) is 0 Å². The van der Waals surface area contributed by atoms with Gasteiger partial charge in [0.05, 0.1) is 13.2 Å². The molecular weight excluding hydrogens is 238 g/mol.